The summed E-state index contributed by atoms with van der Waals surface area (Å²) in [4.78, 5) is 0. The normalized spacial score (nSPS) is 19.3. The van der Waals surface area contributed by atoms with Crippen LogP contribution in [0.25, 0.3) is 0 Å². The summed E-state index contributed by atoms with van der Waals surface area (Å²) in [6, 6.07) is 0. The molecule has 0 saturated carbocycles. The molecule has 0 aromatic rings. The van der Waals surface area contributed by atoms with Gasteiger partial charge in [0.05, 0.1) is 12.2 Å². The molecule has 0 radical (unpaired) electrons. The van der Waals surface area contributed by atoms with E-state index in [1.165, 1.54) is 20.8 Å². The van der Waals surface area contributed by atoms with Gasteiger partial charge in [-0.25, -0.2) is 0 Å². The van der Waals surface area contributed by atoms with Gasteiger partial charge in [0.15, 0.2) is 0 Å². The maximum atomic E-state index is 9.17. The molecule has 3 nitrogen and oxygen atoms in total. The van der Waals surface area contributed by atoms with Crippen LogP contribution in [0.3, 0.4) is 0 Å². The van der Waals surface area contributed by atoms with Gasteiger partial charge in [0.2, 0.25) is 0 Å². The average molecular weight is 134 g/mol. The zero-order valence-electron chi connectivity index (χ0n) is 6.00. The van der Waals surface area contributed by atoms with E-state index in [0.29, 0.717) is 0 Å². The lowest BCUT2D eigenvalue weighted by Gasteiger charge is -2.29. The second-order valence-corrected chi connectivity index (χ2v) is 2.58. The lowest BCUT2D eigenvalue weighted by atomic mass is 9.95. The predicted octanol–water partition coefficient (Wildman–Crippen LogP) is -0.501. The molecule has 0 aromatic carbocycles. The summed E-state index contributed by atoms with van der Waals surface area (Å²) in [5, 5.41) is 26.9. The van der Waals surface area contributed by atoms with Crippen LogP contribution < -0.4 is 0 Å². The Kier molecular flexibility index (Phi) is 2.61. The van der Waals surface area contributed by atoms with E-state index in [9.17, 15) is 0 Å². The topological polar surface area (TPSA) is 60.7 Å². The minimum atomic E-state index is -1.39. The lowest BCUT2D eigenvalue weighted by Crippen LogP contribution is -2.46. The lowest BCUT2D eigenvalue weighted by molar-refractivity contribution is -0.121. The molecule has 0 amide bonds. The van der Waals surface area contributed by atoms with E-state index in [1.807, 2.05) is 0 Å². The van der Waals surface area contributed by atoms with E-state index in [0.717, 1.165) is 0 Å². The van der Waals surface area contributed by atoms with E-state index in [-0.39, 0.29) is 0 Å². The van der Waals surface area contributed by atoms with Crippen LogP contribution in [0.15, 0.2) is 0 Å². The van der Waals surface area contributed by atoms with Crippen molar-refractivity contribution in [3.63, 3.8) is 0 Å². The highest BCUT2D eigenvalue weighted by atomic mass is 16.4. The fourth-order valence-corrected chi connectivity index (χ4v) is 0.349. The highest BCUT2D eigenvalue weighted by Crippen LogP contribution is 2.13. The van der Waals surface area contributed by atoms with Crippen molar-refractivity contribution in [3.8, 4) is 0 Å². The molecule has 0 aliphatic carbocycles. The van der Waals surface area contributed by atoms with Gasteiger partial charge >= 0.3 is 0 Å². The largest absolute Gasteiger partial charge is 0.390 e. The van der Waals surface area contributed by atoms with Gasteiger partial charge < -0.3 is 15.3 Å². The highest BCUT2D eigenvalue weighted by molar-refractivity contribution is 4.83. The second kappa shape index (κ2) is 2.64. The molecule has 0 bridgehead atoms. The van der Waals surface area contributed by atoms with Crippen LogP contribution >= 0.6 is 0 Å². The number of hydrogen-bond acceptors (Lipinski definition) is 3. The zero-order chi connectivity index (χ0) is 7.65. The molecule has 9 heavy (non-hydrogen) atoms. The smallest absolute Gasteiger partial charge is 0.113 e. The van der Waals surface area contributed by atoms with Gasteiger partial charge in [0, 0.05) is 0 Å². The molecule has 0 fully saturated rings. The minimum Gasteiger partial charge on any atom is -0.390 e. The monoisotopic (exact) mass is 134 g/mol. The van der Waals surface area contributed by atoms with Crippen molar-refractivity contribution in [1.29, 1.82) is 0 Å². The summed E-state index contributed by atoms with van der Waals surface area (Å²) in [5.74, 6) is 0. The Hall–Kier alpha value is -0.120. The summed E-state index contributed by atoms with van der Waals surface area (Å²) in [5.41, 5.74) is -1.39. The number of hydrogen-bond donors (Lipinski definition) is 3. The van der Waals surface area contributed by atoms with Gasteiger partial charge in [0.1, 0.15) is 5.60 Å². The standard InChI is InChI=1S/C6H14O3/c1-4(7)6(3,9)5(2)8/h4-5,7-9H,1-3H3/t4-,5-/m0/s1. The van der Waals surface area contributed by atoms with Crippen LogP contribution in [0.2, 0.25) is 0 Å². The van der Waals surface area contributed by atoms with E-state index in [4.69, 9.17) is 15.3 Å². The molecule has 56 valence electrons. The summed E-state index contributed by atoms with van der Waals surface area (Å²) < 4.78 is 0. The molecule has 2 atom stereocenters. The van der Waals surface area contributed by atoms with Gasteiger partial charge in [-0.2, -0.15) is 0 Å². The van der Waals surface area contributed by atoms with E-state index in [1.54, 1.807) is 0 Å². The molecule has 0 spiro atoms. The molecule has 3 heteroatoms. The molecule has 0 rings (SSSR count). The Morgan fingerprint density at radius 3 is 1.33 bits per heavy atom. The molecule has 0 aliphatic heterocycles. The fraction of sp³-hybridized carbons (Fsp3) is 1.00. The Bertz CT molecular complexity index is 76.3. The third-order valence-electron chi connectivity index (χ3n) is 1.69. The predicted molar refractivity (Wildman–Crippen MR) is 34.0 cm³/mol. The number of aliphatic hydroxyl groups excluding tert-OH is 2. The van der Waals surface area contributed by atoms with Crippen LogP contribution in [-0.4, -0.2) is 33.1 Å². The molecule has 0 aliphatic rings. The average Bonchev–Trinajstić information content (AvgIpc) is 1.65. The Morgan fingerprint density at radius 2 is 1.33 bits per heavy atom. The van der Waals surface area contributed by atoms with Gasteiger partial charge in [-0.3, -0.25) is 0 Å². The van der Waals surface area contributed by atoms with Crippen molar-refractivity contribution in [2.45, 2.75) is 38.6 Å². The molecule has 3 N–H and O–H groups in total. The van der Waals surface area contributed by atoms with Crippen LogP contribution in [0.1, 0.15) is 20.8 Å². The summed E-state index contributed by atoms with van der Waals surface area (Å²) in [6.45, 7) is 4.27. The molecular formula is C6H14O3. The summed E-state index contributed by atoms with van der Waals surface area (Å²) in [7, 11) is 0. The SMILES string of the molecule is C[C@H](O)C(C)(O)[C@H](C)O. The van der Waals surface area contributed by atoms with E-state index in [2.05, 4.69) is 0 Å². The Balaban J connectivity index is 4.01. The zero-order valence-corrected chi connectivity index (χ0v) is 6.00. The first-order valence-electron chi connectivity index (χ1n) is 2.97. The maximum absolute atomic E-state index is 9.17. The number of rotatable bonds is 2. The van der Waals surface area contributed by atoms with Crippen LogP contribution in [-0.2, 0) is 0 Å². The van der Waals surface area contributed by atoms with Gasteiger partial charge in [0.25, 0.3) is 0 Å². The highest BCUT2D eigenvalue weighted by Gasteiger charge is 2.31. The van der Waals surface area contributed by atoms with E-state index >= 15 is 0 Å². The molecular weight excluding hydrogens is 120 g/mol. The van der Waals surface area contributed by atoms with Crippen LogP contribution in [0.5, 0.6) is 0 Å². The van der Waals surface area contributed by atoms with Crippen molar-refractivity contribution in [1.82, 2.24) is 0 Å². The van der Waals surface area contributed by atoms with Gasteiger partial charge in [-0.15, -0.1) is 0 Å². The van der Waals surface area contributed by atoms with Crippen molar-refractivity contribution in [2.24, 2.45) is 0 Å². The van der Waals surface area contributed by atoms with Crippen molar-refractivity contribution >= 4 is 0 Å². The fourth-order valence-electron chi connectivity index (χ4n) is 0.349. The third-order valence-corrected chi connectivity index (χ3v) is 1.69. The van der Waals surface area contributed by atoms with Gasteiger partial charge in [-0.1, -0.05) is 0 Å². The second-order valence-electron chi connectivity index (χ2n) is 2.58. The molecule has 0 aromatic heterocycles. The number of aliphatic hydroxyl groups is 3. The summed E-state index contributed by atoms with van der Waals surface area (Å²) >= 11 is 0. The van der Waals surface area contributed by atoms with Crippen LogP contribution in [0.4, 0.5) is 0 Å². The van der Waals surface area contributed by atoms with Crippen molar-refractivity contribution in [3.05, 3.63) is 0 Å². The van der Waals surface area contributed by atoms with Crippen LogP contribution in [0, 0.1) is 0 Å². The first kappa shape index (κ1) is 8.88. The van der Waals surface area contributed by atoms with E-state index < -0.39 is 17.8 Å². The Labute approximate surface area is 54.9 Å². The molecule has 0 heterocycles. The quantitative estimate of drug-likeness (QED) is 0.477. The van der Waals surface area contributed by atoms with Crippen molar-refractivity contribution in [2.75, 3.05) is 0 Å². The molecule has 0 saturated heterocycles. The molecule has 0 unspecified atom stereocenters. The third kappa shape index (κ3) is 1.93. The summed E-state index contributed by atoms with van der Waals surface area (Å²) in [6.07, 6.45) is -1.81. The first-order chi connectivity index (χ1) is 3.89. The van der Waals surface area contributed by atoms with Gasteiger partial charge in [-0.05, 0) is 20.8 Å². The van der Waals surface area contributed by atoms with Crippen molar-refractivity contribution < 1.29 is 15.3 Å². The Morgan fingerprint density at radius 1 is 1.11 bits per heavy atom. The minimum absolute atomic E-state index is 0.905. The first-order valence-corrected chi connectivity index (χ1v) is 2.97. The maximum Gasteiger partial charge on any atom is 0.113 e.